The Hall–Kier alpha value is -4.24. The SMILES string of the molecule is COC(=O)C1=C(C)N(c2ccc(Br)cc2)/C(=C\c2ccc(OCC(=O)Nc3ccc(F)cc3)cc2)C1=O. The minimum absolute atomic E-state index is 0.0243. The van der Waals surface area contributed by atoms with Gasteiger partial charge in [0.15, 0.2) is 6.61 Å². The predicted octanol–water partition coefficient (Wildman–Crippen LogP) is 5.48. The number of nitrogens with zero attached hydrogens (tertiary/aromatic N) is 1. The number of ether oxygens (including phenoxy) is 2. The van der Waals surface area contributed by atoms with Gasteiger partial charge < -0.3 is 19.7 Å². The highest BCUT2D eigenvalue weighted by atomic mass is 79.9. The highest BCUT2D eigenvalue weighted by Crippen LogP contribution is 2.36. The van der Waals surface area contributed by atoms with E-state index >= 15 is 0 Å². The highest BCUT2D eigenvalue weighted by Gasteiger charge is 2.38. The molecule has 0 saturated heterocycles. The first-order valence-electron chi connectivity index (χ1n) is 11.2. The van der Waals surface area contributed by atoms with E-state index in [1.54, 1.807) is 42.2 Å². The molecule has 0 saturated carbocycles. The minimum atomic E-state index is -0.698. The number of rotatable bonds is 7. The van der Waals surface area contributed by atoms with Gasteiger partial charge in [0.25, 0.3) is 5.91 Å². The van der Waals surface area contributed by atoms with Crippen molar-refractivity contribution in [1.29, 1.82) is 0 Å². The van der Waals surface area contributed by atoms with E-state index in [2.05, 4.69) is 21.2 Å². The third-order valence-corrected chi connectivity index (χ3v) is 6.08. The number of carbonyl (C=O) groups is 3. The molecule has 4 rings (SSSR count). The molecular formula is C28H22BrFN2O5. The maximum Gasteiger partial charge on any atom is 0.343 e. The molecule has 3 aromatic carbocycles. The number of methoxy groups -OCH3 is 1. The first-order chi connectivity index (χ1) is 17.8. The molecule has 1 amide bonds. The van der Waals surface area contributed by atoms with E-state index in [-0.39, 0.29) is 12.2 Å². The molecule has 37 heavy (non-hydrogen) atoms. The van der Waals surface area contributed by atoms with Crippen LogP contribution < -0.4 is 15.0 Å². The number of halogens is 2. The largest absolute Gasteiger partial charge is 0.484 e. The Morgan fingerprint density at radius 1 is 1.00 bits per heavy atom. The van der Waals surface area contributed by atoms with Crippen LogP contribution in [0, 0.1) is 5.82 Å². The molecule has 9 heteroatoms. The summed E-state index contributed by atoms with van der Waals surface area (Å²) < 4.78 is 24.2. The van der Waals surface area contributed by atoms with Crippen LogP contribution in [-0.2, 0) is 19.1 Å². The maximum atomic E-state index is 13.2. The third kappa shape index (κ3) is 5.95. The first kappa shape index (κ1) is 25.8. The summed E-state index contributed by atoms with van der Waals surface area (Å²) in [6.45, 7) is 1.46. The van der Waals surface area contributed by atoms with Gasteiger partial charge in [-0.3, -0.25) is 9.59 Å². The van der Waals surface area contributed by atoms with Gasteiger partial charge in [-0.15, -0.1) is 0 Å². The van der Waals surface area contributed by atoms with Crippen LogP contribution in [0.2, 0.25) is 0 Å². The second kappa shape index (κ2) is 11.2. The summed E-state index contributed by atoms with van der Waals surface area (Å²) in [7, 11) is 1.24. The number of anilines is 2. The number of esters is 1. The number of benzene rings is 3. The molecule has 1 aliphatic rings. The Morgan fingerprint density at radius 3 is 2.27 bits per heavy atom. The van der Waals surface area contributed by atoms with Crippen LogP contribution in [0.4, 0.5) is 15.8 Å². The van der Waals surface area contributed by atoms with Crippen molar-refractivity contribution < 1.29 is 28.2 Å². The maximum absolute atomic E-state index is 13.2. The molecule has 0 fully saturated rings. The van der Waals surface area contributed by atoms with Gasteiger partial charge in [0, 0.05) is 21.5 Å². The van der Waals surface area contributed by atoms with Crippen LogP contribution >= 0.6 is 15.9 Å². The molecule has 7 nitrogen and oxygen atoms in total. The molecule has 1 heterocycles. The number of hydrogen-bond acceptors (Lipinski definition) is 6. The number of nitrogens with one attached hydrogen (secondary N) is 1. The molecule has 0 bridgehead atoms. The minimum Gasteiger partial charge on any atom is -0.484 e. The molecule has 0 spiro atoms. The number of carbonyl (C=O) groups excluding carboxylic acids is 3. The van der Waals surface area contributed by atoms with Gasteiger partial charge in [0.2, 0.25) is 5.78 Å². The first-order valence-corrected chi connectivity index (χ1v) is 12.0. The number of ketones is 1. The van der Waals surface area contributed by atoms with Gasteiger partial charge in [-0.05, 0) is 79.2 Å². The summed E-state index contributed by atoms with van der Waals surface area (Å²) in [6, 6.07) is 19.6. The van der Waals surface area contributed by atoms with E-state index in [1.807, 2.05) is 24.3 Å². The van der Waals surface area contributed by atoms with Crippen molar-refractivity contribution >= 4 is 51.0 Å². The summed E-state index contributed by atoms with van der Waals surface area (Å²) in [4.78, 5) is 39.4. The zero-order valence-corrected chi connectivity index (χ0v) is 21.5. The monoisotopic (exact) mass is 564 g/mol. The van der Waals surface area contributed by atoms with Crippen molar-refractivity contribution in [2.75, 3.05) is 23.9 Å². The van der Waals surface area contributed by atoms with Crippen LogP contribution in [0.25, 0.3) is 6.08 Å². The molecule has 0 radical (unpaired) electrons. The van der Waals surface area contributed by atoms with Crippen molar-refractivity contribution in [3.05, 3.63) is 106 Å². The van der Waals surface area contributed by atoms with Crippen LogP contribution in [-0.4, -0.2) is 31.4 Å². The van der Waals surface area contributed by atoms with E-state index in [9.17, 15) is 18.8 Å². The Kier molecular flexibility index (Phi) is 7.83. The lowest BCUT2D eigenvalue weighted by Gasteiger charge is -2.21. The van der Waals surface area contributed by atoms with Gasteiger partial charge in [-0.1, -0.05) is 28.1 Å². The van der Waals surface area contributed by atoms with Crippen LogP contribution in [0.3, 0.4) is 0 Å². The van der Waals surface area contributed by atoms with Crippen LogP contribution in [0.5, 0.6) is 5.75 Å². The molecule has 188 valence electrons. The molecular weight excluding hydrogens is 543 g/mol. The number of allylic oxidation sites excluding steroid dienone is 2. The van der Waals surface area contributed by atoms with E-state index in [4.69, 9.17) is 9.47 Å². The Balaban J connectivity index is 1.51. The van der Waals surface area contributed by atoms with Gasteiger partial charge in [0.1, 0.15) is 17.1 Å². The van der Waals surface area contributed by atoms with Crippen LogP contribution in [0.1, 0.15) is 12.5 Å². The summed E-state index contributed by atoms with van der Waals surface area (Å²) in [5, 5.41) is 2.62. The molecule has 1 N–H and O–H groups in total. The fraction of sp³-hybridized carbons (Fsp3) is 0.107. The fourth-order valence-corrected chi connectivity index (χ4v) is 4.04. The average Bonchev–Trinajstić information content (AvgIpc) is 3.14. The van der Waals surface area contributed by atoms with Gasteiger partial charge in [-0.2, -0.15) is 0 Å². The quantitative estimate of drug-likeness (QED) is 0.232. The summed E-state index contributed by atoms with van der Waals surface area (Å²) in [6.07, 6.45) is 1.68. The standard InChI is InChI=1S/C28H22BrFN2O5/c1-17-26(28(35)36-2)27(34)24(32(17)22-11-5-19(29)6-12-22)15-18-3-13-23(14-4-18)37-16-25(33)31-21-9-7-20(30)8-10-21/h3-15H,16H2,1-2H3,(H,31,33)/b24-15-. The van der Waals surface area contributed by atoms with Crippen molar-refractivity contribution in [3.8, 4) is 5.75 Å². The van der Waals surface area contributed by atoms with Crippen molar-refractivity contribution in [1.82, 2.24) is 0 Å². The van der Waals surface area contributed by atoms with E-state index in [0.29, 0.717) is 34.1 Å². The topological polar surface area (TPSA) is 84.9 Å². The highest BCUT2D eigenvalue weighted by molar-refractivity contribution is 9.10. The van der Waals surface area contributed by atoms with Gasteiger partial charge >= 0.3 is 5.97 Å². The van der Waals surface area contributed by atoms with E-state index < -0.39 is 23.5 Å². The van der Waals surface area contributed by atoms with Crippen molar-refractivity contribution in [2.24, 2.45) is 0 Å². The summed E-state index contributed by atoms with van der Waals surface area (Å²) >= 11 is 3.41. The Labute approximate surface area is 221 Å². The Morgan fingerprint density at radius 2 is 1.65 bits per heavy atom. The van der Waals surface area contributed by atoms with Gasteiger partial charge in [0.05, 0.1) is 12.8 Å². The van der Waals surface area contributed by atoms with E-state index in [1.165, 1.54) is 31.4 Å². The van der Waals surface area contributed by atoms with E-state index in [0.717, 1.165) is 4.47 Å². The number of Topliss-reactive ketones (excluding diaryl/α,β-unsaturated/α-hetero) is 1. The molecule has 3 aromatic rings. The molecule has 0 atom stereocenters. The number of amides is 1. The smallest absolute Gasteiger partial charge is 0.343 e. The molecule has 0 aromatic heterocycles. The second-order valence-corrected chi connectivity index (χ2v) is 8.95. The summed E-state index contributed by atoms with van der Waals surface area (Å²) in [5.74, 6) is -1.48. The van der Waals surface area contributed by atoms with Crippen molar-refractivity contribution in [3.63, 3.8) is 0 Å². The lowest BCUT2D eigenvalue weighted by molar-refractivity contribution is -0.137. The molecule has 0 aliphatic carbocycles. The zero-order chi connectivity index (χ0) is 26.5. The zero-order valence-electron chi connectivity index (χ0n) is 20.0. The average molecular weight is 565 g/mol. The predicted molar refractivity (Wildman–Crippen MR) is 141 cm³/mol. The molecule has 1 aliphatic heterocycles. The Bertz CT molecular complexity index is 1400. The molecule has 0 unspecified atom stereocenters. The van der Waals surface area contributed by atoms with Crippen LogP contribution in [0.15, 0.2) is 94.2 Å². The lowest BCUT2D eigenvalue weighted by atomic mass is 10.1. The number of hydrogen-bond donors (Lipinski definition) is 1. The summed E-state index contributed by atoms with van der Waals surface area (Å²) in [5.41, 5.74) is 2.61. The van der Waals surface area contributed by atoms with Gasteiger partial charge in [-0.25, -0.2) is 9.18 Å². The normalized spacial score (nSPS) is 14.2. The lowest BCUT2D eigenvalue weighted by Crippen LogP contribution is -2.20. The van der Waals surface area contributed by atoms with Crippen molar-refractivity contribution in [2.45, 2.75) is 6.92 Å². The second-order valence-electron chi connectivity index (χ2n) is 8.04. The fourth-order valence-electron chi connectivity index (χ4n) is 3.78. The third-order valence-electron chi connectivity index (χ3n) is 5.55.